The first-order valence-corrected chi connectivity index (χ1v) is 11.7. The monoisotopic (exact) mass is 480 g/mol. The molecule has 1 aliphatic rings. The fourth-order valence-electron chi connectivity index (χ4n) is 3.40. The summed E-state index contributed by atoms with van der Waals surface area (Å²) in [5, 5.41) is 4.95. The summed E-state index contributed by atoms with van der Waals surface area (Å²) in [6, 6.07) is 8.40. The lowest BCUT2D eigenvalue weighted by molar-refractivity contribution is -0.0498. The van der Waals surface area contributed by atoms with Crippen molar-refractivity contribution in [3.05, 3.63) is 47.1 Å². The summed E-state index contributed by atoms with van der Waals surface area (Å²) in [7, 11) is 0. The predicted molar refractivity (Wildman–Crippen MR) is 120 cm³/mol. The molecule has 3 heterocycles. The SMILES string of the molecule is CC(Cc1nsc(NC(=O)c2csc(-c3cccc(OC(F)F)c3)c2)n1)N1CCOCC1. The number of anilines is 1. The molecule has 0 aliphatic carbocycles. The second-order valence-electron chi connectivity index (χ2n) is 7.28. The molecule has 1 aromatic carbocycles. The van der Waals surface area contributed by atoms with Crippen molar-refractivity contribution in [1.82, 2.24) is 14.3 Å². The minimum Gasteiger partial charge on any atom is -0.435 e. The van der Waals surface area contributed by atoms with Crippen LogP contribution in [0.25, 0.3) is 10.4 Å². The summed E-state index contributed by atoms with van der Waals surface area (Å²) in [6.45, 7) is 2.52. The maximum atomic E-state index is 12.6. The van der Waals surface area contributed by atoms with Crippen molar-refractivity contribution in [1.29, 1.82) is 0 Å². The standard InChI is InChI=1S/C21H22F2N4O3S2/c1-13(27-5-7-29-8-6-27)9-18-24-21(32-26-18)25-19(28)15-11-17(31-12-15)14-3-2-4-16(10-14)30-20(22)23/h2-4,10-13,20H,5-9H2,1H3,(H,24,25,26,28). The first-order chi connectivity index (χ1) is 15.5. The first-order valence-electron chi connectivity index (χ1n) is 10.1. The third-order valence-electron chi connectivity index (χ3n) is 5.04. The molecule has 3 aromatic rings. The van der Waals surface area contributed by atoms with Crippen LogP contribution in [0.5, 0.6) is 5.75 Å². The van der Waals surface area contributed by atoms with Gasteiger partial charge in [-0.05, 0) is 30.7 Å². The molecule has 2 aromatic heterocycles. The van der Waals surface area contributed by atoms with E-state index in [0.29, 0.717) is 34.5 Å². The molecule has 1 amide bonds. The Bertz CT molecular complexity index is 1050. The lowest BCUT2D eigenvalue weighted by Gasteiger charge is -2.31. The number of rotatable bonds is 8. The van der Waals surface area contributed by atoms with Crippen molar-refractivity contribution in [3.8, 4) is 16.2 Å². The molecule has 170 valence electrons. The fraction of sp³-hybridized carbons (Fsp3) is 0.381. The third kappa shape index (κ3) is 5.85. The van der Waals surface area contributed by atoms with E-state index in [2.05, 4.69) is 31.2 Å². The van der Waals surface area contributed by atoms with Crippen LogP contribution in [0.1, 0.15) is 23.1 Å². The number of ether oxygens (including phenoxy) is 2. The number of morpholine rings is 1. The fourth-order valence-corrected chi connectivity index (χ4v) is 4.88. The average Bonchev–Trinajstić information content (AvgIpc) is 3.44. The quantitative estimate of drug-likeness (QED) is 0.516. The van der Waals surface area contributed by atoms with E-state index < -0.39 is 6.61 Å². The number of alkyl halides is 2. The van der Waals surface area contributed by atoms with E-state index in [9.17, 15) is 13.6 Å². The molecule has 32 heavy (non-hydrogen) atoms. The van der Waals surface area contributed by atoms with Crippen LogP contribution in [0.2, 0.25) is 0 Å². The molecule has 0 spiro atoms. The molecule has 1 saturated heterocycles. The van der Waals surface area contributed by atoms with Gasteiger partial charge in [0.05, 0.1) is 18.8 Å². The molecule has 0 radical (unpaired) electrons. The minimum atomic E-state index is -2.89. The topological polar surface area (TPSA) is 76.6 Å². The van der Waals surface area contributed by atoms with Gasteiger partial charge >= 0.3 is 6.61 Å². The second kappa shape index (κ2) is 10.4. The van der Waals surface area contributed by atoms with Crippen molar-refractivity contribution >= 4 is 33.9 Å². The Labute approximate surface area is 192 Å². The van der Waals surface area contributed by atoms with Crippen LogP contribution in [0, 0.1) is 0 Å². The molecule has 11 heteroatoms. The molecule has 1 fully saturated rings. The van der Waals surface area contributed by atoms with Gasteiger partial charge in [0.15, 0.2) is 0 Å². The number of aromatic nitrogens is 2. The average molecular weight is 481 g/mol. The van der Waals surface area contributed by atoms with E-state index in [1.54, 1.807) is 23.6 Å². The largest absolute Gasteiger partial charge is 0.435 e. The van der Waals surface area contributed by atoms with E-state index in [1.807, 2.05) is 0 Å². The molecule has 1 unspecified atom stereocenters. The van der Waals surface area contributed by atoms with Crippen LogP contribution in [-0.2, 0) is 11.2 Å². The Morgan fingerprint density at radius 3 is 2.91 bits per heavy atom. The van der Waals surface area contributed by atoms with E-state index in [-0.39, 0.29) is 11.7 Å². The number of hydrogen-bond acceptors (Lipinski definition) is 8. The highest BCUT2D eigenvalue weighted by atomic mass is 32.1. The van der Waals surface area contributed by atoms with Crippen LogP contribution in [0.15, 0.2) is 35.7 Å². The van der Waals surface area contributed by atoms with Crippen LogP contribution in [0.4, 0.5) is 13.9 Å². The predicted octanol–water partition coefficient (Wildman–Crippen LogP) is 4.38. The van der Waals surface area contributed by atoms with Gasteiger partial charge in [0, 0.05) is 47.3 Å². The van der Waals surface area contributed by atoms with Gasteiger partial charge in [-0.25, -0.2) is 4.98 Å². The van der Waals surface area contributed by atoms with Crippen molar-refractivity contribution in [3.63, 3.8) is 0 Å². The van der Waals surface area contributed by atoms with Crippen LogP contribution in [0.3, 0.4) is 0 Å². The third-order valence-corrected chi connectivity index (χ3v) is 6.69. The number of nitrogens with zero attached hydrogens (tertiary/aromatic N) is 3. The molecule has 1 atom stereocenters. The van der Waals surface area contributed by atoms with Crippen molar-refractivity contribution < 1.29 is 23.0 Å². The Morgan fingerprint density at radius 2 is 2.12 bits per heavy atom. The highest BCUT2D eigenvalue weighted by molar-refractivity contribution is 7.14. The van der Waals surface area contributed by atoms with E-state index in [1.165, 1.54) is 23.5 Å². The number of nitrogens with one attached hydrogen (secondary N) is 1. The summed E-state index contributed by atoms with van der Waals surface area (Å²) in [5.74, 6) is 0.479. The van der Waals surface area contributed by atoms with E-state index in [0.717, 1.165) is 42.7 Å². The van der Waals surface area contributed by atoms with Gasteiger partial charge in [-0.1, -0.05) is 12.1 Å². The second-order valence-corrected chi connectivity index (χ2v) is 8.94. The van der Waals surface area contributed by atoms with Crippen LogP contribution < -0.4 is 10.1 Å². The van der Waals surface area contributed by atoms with Gasteiger partial charge in [0.2, 0.25) is 5.13 Å². The number of carbonyl (C=O) groups is 1. The number of benzene rings is 1. The molecule has 0 saturated carbocycles. The lowest BCUT2D eigenvalue weighted by atomic mass is 10.1. The number of halogens is 2. The van der Waals surface area contributed by atoms with Gasteiger partial charge in [-0.15, -0.1) is 11.3 Å². The zero-order valence-electron chi connectivity index (χ0n) is 17.3. The van der Waals surface area contributed by atoms with Gasteiger partial charge in [-0.2, -0.15) is 13.2 Å². The number of thiophene rings is 1. The molecule has 7 nitrogen and oxygen atoms in total. The first kappa shape index (κ1) is 22.7. The van der Waals surface area contributed by atoms with Crippen molar-refractivity contribution in [2.45, 2.75) is 26.0 Å². The molecular formula is C21H22F2N4O3S2. The summed E-state index contributed by atoms with van der Waals surface area (Å²) in [4.78, 5) is 20.2. The van der Waals surface area contributed by atoms with Gasteiger partial charge in [0.25, 0.3) is 5.91 Å². The number of hydrogen-bond donors (Lipinski definition) is 1. The van der Waals surface area contributed by atoms with Crippen molar-refractivity contribution in [2.75, 3.05) is 31.6 Å². The highest BCUT2D eigenvalue weighted by Gasteiger charge is 2.20. The normalized spacial score (nSPS) is 15.6. The molecule has 0 bridgehead atoms. The smallest absolute Gasteiger partial charge is 0.387 e. The van der Waals surface area contributed by atoms with Gasteiger partial charge in [0.1, 0.15) is 11.6 Å². The van der Waals surface area contributed by atoms with Gasteiger partial charge in [-0.3, -0.25) is 15.0 Å². The number of carbonyl (C=O) groups excluding carboxylic acids is 1. The highest BCUT2D eigenvalue weighted by Crippen LogP contribution is 2.30. The van der Waals surface area contributed by atoms with Crippen LogP contribution in [-0.4, -0.2) is 59.1 Å². The summed E-state index contributed by atoms with van der Waals surface area (Å²) in [5.41, 5.74) is 1.16. The molecular weight excluding hydrogens is 458 g/mol. The Kier molecular flexibility index (Phi) is 7.40. The van der Waals surface area contributed by atoms with E-state index in [4.69, 9.17) is 4.74 Å². The Balaban J connectivity index is 1.36. The maximum Gasteiger partial charge on any atom is 0.387 e. The van der Waals surface area contributed by atoms with E-state index >= 15 is 0 Å². The summed E-state index contributed by atoms with van der Waals surface area (Å²) in [6.07, 6.45) is 0.700. The zero-order valence-corrected chi connectivity index (χ0v) is 18.9. The Morgan fingerprint density at radius 1 is 1.31 bits per heavy atom. The molecule has 1 aliphatic heterocycles. The number of amides is 1. The Hall–Kier alpha value is -2.47. The molecule has 4 rings (SSSR count). The summed E-state index contributed by atoms with van der Waals surface area (Å²) >= 11 is 2.50. The zero-order chi connectivity index (χ0) is 22.5. The lowest BCUT2D eigenvalue weighted by Crippen LogP contribution is -2.43. The summed E-state index contributed by atoms with van der Waals surface area (Å²) < 4.78 is 39.1. The molecule has 1 N–H and O–H groups in total. The maximum absolute atomic E-state index is 12.6. The van der Waals surface area contributed by atoms with Crippen molar-refractivity contribution in [2.24, 2.45) is 0 Å². The van der Waals surface area contributed by atoms with Gasteiger partial charge < -0.3 is 9.47 Å². The minimum absolute atomic E-state index is 0.0737. The van der Waals surface area contributed by atoms with Crippen LogP contribution >= 0.6 is 22.9 Å².